The highest BCUT2D eigenvalue weighted by Gasteiger charge is 2.21. The van der Waals surface area contributed by atoms with Crippen LogP contribution in [0, 0.1) is 5.92 Å². The number of anilines is 1. The third kappa shape index (κ3) is 6.83. The normalized spacial score (nSPS) is 13.9. The minimum absolute atomic E-state index is 0.0282. The van der Waals surface area contributed by atoms with Crippen LogP contribution in [-0.4, -0.2) is 31.9 Å². The predicted octanol–water partition coefficient (Wildman–Crippen LogP) is 3.70. The van der Waals surface area contributed by atoms with E-state index in [1.54, 1.807) is 55.7 Å². The fraction of sp³-hybridized carbons (Fsp3) is 0.320. The molecule has 0 heterocycles. The van der Waals surface area contributed by atoms with Crippen LogP contribution < -0.4 is 25.6 Å². The number of methoxy groups -OCH3 is 2. The van der Waals surface area contributed by atoms with Crippen molar-refractivity contribution < 1.29 is 23.9 Å². The van der Waals surface area contributed by atoms with Gasteiger partial charge in [0.25, 0.3) is 11.8 Å². The Morgan fingerprint density at radius 1 is 0.879 bits per heavy atom. The zero-order valence-electron chi connectivity index (χ0n) is 18.9. The van der Waals surface area contributed by atoms with Crippen molar-refractivity contribution in [2.45, 2.75) is 32.1 Å². The van der Waals surface area contributed by atoms with Crippen LogP contribution in [0.1, 0.15) is 48.0 Å². The van der Waals surface area contributed by atoms with Crippen LogP contribution in [-0.2, 0) is 9.59 Å². The minimum Gasteiger partial charge on any atom is -0.493 e. The molecule has 3 rings (SSSR count). The number of carbonyl (C=O) groups excluding carboxylic acids is 3. The lowest BCUT2D eigenvalue weighted by Gasteiger charge is -2.20. The molecule has 1 aliphatic rings. The Kier molecular flexibility index (Phi) is 8.46. The number of nitrogens with one attached hydrogen (secondary N) is 3. The standard InChI is InChI=1S/C25H29N3O5/c1-32-21-14-8-17(16-22(21)33-2)9-15-23(29)27-28-25(31)19-10-12-20(13-11-19)26-24(30)18-6-4-3-5-7-18/h8-16,18H,3-7H2,1-2H3,(H,26,30)(H,27,29)(H,28,31)/b15-9+. The fourth-order valence-electron chi connectivity index (χ4n) is 3.67. The predicted molar refractivity (Wildman–Crippen MR) is 126 cm³/mol. The molecule has 3 amide bonds. The van der Waals surface area contributed by atoms with Crippen molar-refractivity contribution >= 4 is 29.5 Å². The van der Waals surface area contributed by atoms with Gasteiger partial charge in [0, 0.05) is 23.2 Å². The molecule has 8 heteroatoms. The summed E-state index contributed by atoms with van der Waals surface area (Å²) in [6.45, 7) is 0. The monoisotopic (exact) mass is 451 g/mol. The van der Waals surface area contributed by atoms with Gasteiger partial charge in [-0.15, -0.1) is 0 Å². The Hall–Kier alpha value is -3.81. The maximum absolute atomic E-state index is 12.3. The molecule has 0 spiro atoms. The summed E-state index contributed by atoms with van der Waals surface area (Å²) in [4.78, 5) is 36.7. The lowest BCUT2D eigenvalue weighted by Crippen LogP contribution is -2.40. The summed E-state index contributed by atoms with van der Waals surface area (Å²) in [6, 6.07) is 11.8. The van der Waals surface area contributed by atoms with Gasteiger partial charge in [0.1, 0.15) is 0 Å². The smallest absolute Gasteiger partial charge is 0.269 e. The number of hydrogen-bond acceptors (Lipinski definition) is 5. The summed E-state index contributed by atoms with van der Waals surface area (Å²) >= 11 is 0. The van der Waals surface area contributed by atoms with E-state index in [0.717, 1.165) is 31.2 Å². The molecule has 0 bridgehead atoms. The van der Waals surface area contributed by atoms with Gasteiger partial charge in [-0.05, 0) is 60.9 Å². The number of ether oxygens (including phenoxy) is 2. The SMILES string of the molecule is COc1ccc(/C=C/C(=O)NNC(=O)c2ccc(NC(=O)C3CCCCC3)cc2)cc1OC. The van der Waals surface area contributed by atoms with Gasteiger partial charge in [0.15, 0.2) is 11.5 Å². The van der Waals surface area contributed by atoms with Crippen LogP contribution >= 0.6 is 0 Å². The molecule has 1 fully saturated rings. The second-order valence-electron chi connectivity index (χ2n) is 7.79. The van der Waals surface area contributed by atoms with Gasteiger partial charge < -0.3 is 14.8 Å². The van der Waals surface area contributed by atoms with Crippen molar-refractivity contribution in [1.29, 1.82) is 0 Å². The van der Waals surface area contributed by atoms with E-state index in [1.165, 1.54) is 19.6 Å². The van der Waals surface area contributed by atoms with Gasteiger partial charge in [-0.1, -0.05) is 25.3 Å². The van der Waals surface area contributed by atoms with Crippen LogP contribution in [0.4, 0.5) is 5.69 Å². The Balaban J connectivity index is 1.48. The van der Waals surface area contributed by atoms with E-state index in [4.69, 9.17) is 9.47 Å². The van der Waals surface area contributed by atoms with Gasteiger partial charge in [-0.2, -0.15) is 0 Å². The molecule has 0 atom stereocenters. The molecule has 33 heavy (non-hydrogen) atoms. The molecule has 2 aromatic rings. The van der Waals surface area contributed by atoms with Gasteiger partial charge >= 0.3 is 0 Å². The Bertz CT molecular complexity index is 1010. The summed E-state index contributed by atoms with van der Waals surface area (Å²) in [7, 11) is 3.08. The Morgan fingerprint density at radius 3 is 2.24 bits per heavy atom. The van der Waals surface area contributed by atoms with E-state index in [2.05, 4.69) is 16.2 Å². The van der Waals surface area contributed by atoms with Crippen LogP contribution in [0.15, 0.2) is 48.5 Å². The molecule has 3 N–H and O–H groups in total. The van der Waals surface area contributed by atoms with Crippen LogP contribution in [0.2, 0.25) is 0 Å². The van der Waals surface area contributed by atoms with Crippen LogP contribution in [0.3, 0.4) is 0 Å². The van der Waals surface area contributed by atoms with E-state index in [9.17, 15) is 14.4 Å². The van der Waals surface area contributed by atoms with Crippen molar-refractivity contribution in [2.75, 3.05) is 19.5 Å². The average Bonchev–Trinajstić information content (AvgIpc) is 2.86. The van der Waals surface area contributed by atoms with Crippen molar-refractivity contribution in [3.8, 4) is 11.5 Å². The topological polar surface area (TPSA) is 106 Å². The second-order valence-corrected chi connectivity index (χ2v) is 7.79. The molecule has 0 aliphatic heterocycles. The third-order valence-electron chi connectivity index (χ3n) is 5.52. The third-order valence-corrected chi connectivity index (χ3v) is 5.52. The zero-order chi connectivity index (χ0) is 23.6. The summed E-state index contributed by atoms with van der Waals surface area (Å²) < 4.78 is 10.4. The summed E-state index contributed by atoms with van der Waals surface area (Å²) in [5.74, 6) is 0.268. The number of amides is 3. The molecule has 1 saturated carbocycles. The zero-order valence-corrected chi connectivity index (χ0v) is 18.9. The maximum Gasteiger partial charge on any atom is 0.269 e. The number of rotatable bonds is 7. The first-order chi connectivity index (χ1) is 16.0. The maximum atomic E-state index is 12.3. The lowest BCUT2D eigenvalue weighted by molar-refractivity contribution is -0.120. The lowest BCUT2D eigenvalue weighted by atomic mass is 9.88. The molecule has 1 aliphatic carbocycles. The van der Waals surface area contributed by atoms with E-state index >= 15 is 0 Å². The molecule has 0 unspecified atom stereocenters. The Morgan fingerprint density at radius 2 is 1.58 bits per heavy atom. The van der Waals surface area contributed by atoms with E-state index < -0.39 is 11.8 Å². The van der Waals surface area contributed by atoms with E-state index in [0.29, 0.717) is 22.7 Å². The van der Waals surface area contributed by atoms with Crippen LogP contribution in [0.25, 0.3) is 6.08 Å². The molecule has 2 aromatic carbocycles. The number of hydrogen-bond donors (Lipinski definition) is 3. The molecular formula is C25H29N3O5. The number of carbonyl (C=O) groups is 3. The molecule has 174 valence electrons. The molecule has 0 aromatic heterocycles. The number of hydrazine groups is 1. The Labute approximate surface area is 193 Å². The first-order valence-corrected chi connectivity index (χ1v) is 10.9. The van der Waals surface area contributed by atoms with Crippen molar-refractivity contribution in [1.82, 2.24) is 10.9 Å². The second kappa shape index (κ2) is 11.7. The molecule has 8 nitrogen and oxygen atoms in total. The van der Waals surface area contributed by atoms with Gasteiger partial charge in [0.2, 0.25) is 5.91 Å². The highest BCUT2D eigenvalue weighted by Crippen LogP contribution is 2.28. The highest BCUT2D eigenvalue weighted by molar-refractivity contribution is 5.98. The van der Waals surface area contributed by atoms with Crippen molar-refractivity contribution in [3.63, 3.8) is 0 Å². The fourth-order valence-corrected chi connectivity index (χ4v) is 3.67. The minimum atomic E-state index is -0.491. The van der Waals surface area contributed by atoms with Gasteiger partial charge in [-0.25, -0.2) is 0 Å². The van der Waals surface area contributed by atoms with Gasteiger partial charge in [-0.3, -0.25) is 25.2 Å². The van der Waals surface area contributed by atoms with Crippen LogP contribution in [0.5, 0.6) is 11.5 Å². The summed E-state index contributed by atoms with van der Waals surface area (Å²) in [5, 5.41) is 2.91. The number of benzene rings is 2. The highest BCUT2D eigenvalue weighted by atomic mass is 16.5. The molecule has 0 radical (unpaired) electrons. The molecular weight excluding hydrogens is 422 g/mol. The average molecular weight is 452 g/mol. The molecule has 0 saturated heterocycles. The van der Waals surface area contributed by atoms with E-state index in [-0.39, 0.29) is 11.8 Å². The first-order valence-electron chi connectivity index (χ1n) is 10.9. The van der Waals surface area contributed by atoms with Crippen molar-refractivity contribution in [3.05, 3.63) is 59.7 Å². The van der Waals surface area contributed by atoms with E-state index in [1.807, 2.05) is 0 Å². The largest absolute Gasteiger partial charge is 0.493 e. The summed E-state index contributed by atoms with van der Waals surface area (Å²) in [5.41, 5.74) is 6.44. The van der Waals surface area contributed by atoms with Gasteiger partial charge in [0.05, 0.1) is 14.2 Å². The summed E-state index contributed by atoms with van der Waals surface area (Å²) in [6.07, 6.45) is 8.10. The quantitative estimate of drug-likeness (QED) is 0.440. The first kappa shape index (κ1) is 23.8. The van der Waals surface area contributed by atoms with Crippen molar-refractivity contribution in [2.24, 2.45) is 5.92 Å².